The summed E-state index contributed by atoms with van der Waals surface area (Å²) in [7, 11) is 0. The fraction of sp³-hybridized carbons (Fsp3) is 0.286. The van der Waals surface area contributed by atoms with Gasteiger partial charge in [-0.2, -0.15) is 0 Å². The average molecular weight is 263 g/mol. The first kappa shape index (κ1) is 14.8. The standard InChI is InChI=1S/C14H17NO4/c1-3-8-19-12-6-4-11(5-7-12)9-13(14(17)18)15-10(2)16/h4-7,9H,3,8H2,1-2H3,(H,15,16)(H,17,18)/b13-9-. The molecule has 0 heterocycles. The molecule has 0 saturated carbocycles. The van der Waals surface area contributed by atoms with Gasteiger partial charge in [0.1, 0.15) is 11.4 Å². The largest absolute Gasteiger partial charge is 0.494 e. The van der Waals surface area contributed by atoms with E-state index in [1.807, 2.05) is 6.92 Å². The Labute approximate surface area is 111 Å². The van der Waals surface area contributed by atoms with Crippen molar-refractivity contribution in [3.05, 3.63) is 35.5 Å². The summed E-state index contributed by atoms with van der Waals surface area (Å²) in [5, 5.41) is 11.2. The molecule has 0 aromatic heterocycles. The van der Waals surface area contributed by atoms with Crippen molar-refractivity contribution in [1.82, 2.24) is 5.32 Å². The van der Waals surface area contributed by atoms with Gasteiger partial charge in [-0.05, 0) is 30.2 Å². The smallest absolute Gasteiger partial charge is 0.352 e. The van der Waals surface area contributed by atoms with E-state index in [2.05, 4.69) is 5.32 Å². The summed E-state index contributed by atoms with van der Waals surface area (Å²) >= 11 is 0. The normalized spacial score (nSPS) is 10.9. The average Bonchev–Trinajstić information content (AvgIpc) is 2.36. The van der Waals surface area contributed by atoms with E-state index < -0.39 is 11.9 Å². The van der Waals surface area contributed by atoms with E-state index in [1.54, 1.807) is 24.3 Å². The molecule has 5 heteroatoms. The second-order valence-corrected chi connectivity index (χ2v) is 3.96. The van der Waals surface area contributed by atoms with Crippen molar-refractivity contribution in [2.45, 2.75) is 20.3 Å². The van der Waals surface area contributed by atoms with Crippen molar-refractivity contribution in [2.24, 2.45) is 0 Å². The Morgan fingerprint density at radius 3 is 2.42 bits per heavy atom. The highest BCUT2D eigenvalue weighted by atomic mass is 16.5. The number of carbonyl (C=O) groups excluding carboxylic acids is 1. The van der Waals surface area contributed by atoms with E-state index in [9.17, 15) is 9.59 Å². The summed E-state index contributed by atoms with van der Waals surface area (Å²) in [6, 6.07) is 6.98. The molecule has 0 aliphatic heterocycles. The van der Waals surface area contributed by atoms with Crippen LogP contribution < -0.4 is 10.1 Å². The van der Waals surface area contributed by atoms with Crippen LogP contribution >= 0.6 is 0 Å². The number of aliphatic carboxylic acids is 1. The van der Waals surface area contributed by atoms with Crippen molar-refractivity contribution < 1.29 is 19.4 Å². The van der Waals surface area contributed by atoms with Gasteiger partial charge in [0.05, 0.1) is 6.61 Å². The van der Waals surface area contributed by atoms with Crippen LogP contribution in [0.25, 0.3) is 6.08 Å². The van der Waals surface area contributed by atoms with Crippen LogP contribution in [0, 0.1) is 0 Å². The lowest BCUT2D eigenvalue weighted by Crippen LogP contribution is -2.24. The summed E-state index contributed by atoms with van der Waals surface area (Å²) in [5.74, 6) is -0.867. The predicted molar refractivity (Wildman–Crippen MR) is 71.7 cm³/mol. The zero-order valence-electron chi connectivity index (χ0n) is 11.0. The fourth-order valence-corrected chi connectivity index (χ4v) is 1.39. The highest BCUT2D eigenvalue weighted by molar-refractivity contribution is 5.96. The third-order valence-electron chi connectivity index (χ3n) is 2.21. The lowest BCUT2D eigenvalue weighted by molar-refractivity contribution is -0.134. The van der Waals surface area contributed by atoms with Gasteiger partial charge in [-0.1, -0.05) is 19.1 Å². The molecular formula is C14H17NO4. The molecule has 0 aliphatic rings. The minimum atomic E-state index is -1.18. The summed E-state index contributed by atoms with van der Waals surface area (Å²) < 4.78 is 5.42. The summed E-state index contributed by atoms with van der Waals surface area (Å²) in [5.41, 5.74) is 0.518. The number of hydrogen-bond acceptors (Lipinski definition) is 3. The third kappa shape index (κ3) is 5.25. The minimum absolute atomic E-state index is 0.158. The molecule has 1 aromatic carbocycles. The number of rotatable bonds is 6. The van der Waals surface area contributed by atoms with Gasteiger partial charge in [-0.15, -0.1) is 0 Å². The van der Waals surface area contributed by atoms with Gasteiger partial charge in [0.15, 0.2) is 0 Å². The lowest BCUT2D eigenvalue weighted by atomic mass is 10.2. The molecule has 0 unspecified atom stereocenters. The van der Waals surface area contributed by atoms with Gasteiger partial charge in [-0.3, -0.25) is 4.79 Å². The molecule has 0 saturated heterocycles. The fourth-order valence-electron chi connectivity index (χ4n) is 1.39. The third-order valence-corrected chi connectivity index (χ3v) is 2.21. The van der Waals surface area contributed by atoms with E-state index in [1.165, 1.54) is 13.0 Å². The number of hydrogen-bond donors (Lipinski definition) is 2. The summed E-state index contributed by atoms with van der Waals surface area (Å²) in [4.78, 5) is 21.8. The number of carbonyl (C=O) groups is 2. The van der Waals surface area contributed by atoms with Crippen LogP contribution in [-0.2, 0) is 9.59 Å². The highest BCUT2D eigenvalue weighted by Gasteiger charge is 2.08. The first-order valence-electron chi connectivity index (χ1n) is 5.98. The van der Waals surface area contributed by atoms with Crippen LogP contribution in [0.15, 0.2) is 30.0 Å². The van der Waals surface area contributed by atoms with E-state index >= 15 is 0 Å². The Balaban J connectivity index is 2.83. The first-order chi connectivity index (χ1) is 9.02. The van der Waals surface area contributed by atoms with Crippen molar-refractivity contribution in [3.63, 3.8) is 0 Å². The monoisotopic (exact) mass is 263 g/mol. The van der Waals surface area contributed by atoms with Gasteiger partial charge >= 0.3 is 5.97 Å². The van der Waals surface area contributed by atoms with Crippen LogP contribution in [0.2, 0.25) is 0 Å². The van der Waals surface area contributed by atoms with Crippen LogP contribution in [-0.4, -0.2) is 23.6 Å². The van der Waals surface area contributed by atoms with Gasteiger partial charge in [0.25, 0.3) is 0 Å². The van der Waals surface area contributed by atoms with Crippen LogP contribution in [0.3, 0.4) is 0 Å². The number of nitrogens with one attached hydrogen (secondary N) is 1. The molecular weight excluding hydrogens is 246 g/mol. The van der Waals surface area contributed by atoms with E-state index in [4.69, 9.17) is 9.84 Å². The first-order valence-corrected chi connectivity index (χ1v) is 5.98. The van der Waals surface area contributed by atoms with Crippen molar-refractivity contribution >= 4 is 18.0 Å². The summed E-state index contributed by atoms with van der Waals surface area (Å²) in [6.07, 6.45) is 2.32. The van der Waals surface area contributed by atoms with Crippen LogP contribution in [0.5, 0.6) is 5.75 Å². The molecule has 0 fully saturated rings. The summed E-state index contributed by atoms with van der Waals surface area (Å²) in [6.45, 7) is 3.92. The van der Waals surface area contributed by atoms with Crippen molar-refractivity contribution in [2.75, 3.05) is 6.61 Å². The topological polar surface area (TPSA) is 75.6 Å². The molecule has 0 bridgehead atoms. The molecule has 0 radical (unpaired) electrons. The molecule has 2 N–H and O–H groups in total. The molecule has 0 aliphatic carbocycles. The van der Waals surface area contributed by atoms with E-state index in [0.29, 0.717) is 12.2 Å². The number of benzene rings is 1. The van der Waals surface area contributed by atoms with Crippen molar-refractivity contribution in [1.29, 1.82) is 0 Å². The number of amides is 1. The maximum absolute atomic E-state index is 10.9. The van der Waals surface area contributed by atoms with Crippen LogP contribution in [0.4, 0.5) is 0 Å². The predicted octanol–water partition coefficient (Wildman–Crippen LogP) is 2.04. The molecule has 102 valence electrons. The molecule has 1 rings (SSSR count). The molecule has 1 aromatic rings. The minimum Gasteiger partial charge on any atom is -0.494 e. The van der Waals surface area contributed by atoms with Gasteiger partial charge in [-0.25, -0.2) is 4.79 Å². The Bertz CT molecular complexity index is 477. The Morgan fingerprint density at radius 1 is 1.32 bits per heavy atom. The second-order valence-electron chi connectivity index (χ2n) is 3.96. The Morgan fingerprint density at radius 2 is 1.95 bits per heavy atom. The molecule has 5 nitrogen and oxygen atoms in total. The maximum Gasteiger partial charge on any atom is 0.352 e. The van der Waals surface area contributed by atoms with Crippen LogP contribution in [0.1, 0.15) is 25.8 Å². The van der Waals surface area contributed by atoms with Gasteiger partial charge in [0, 0.05) is 6.92 Å². The molecule has 0 spiro atoms. The SMILES string of the molecule is CCCOc1ccc(/C=C(\NC(C)=O)C(=O)O)cc1. The van der Waals surface area contributed by atoms with E-state index in [-0.39, 0.29) is 5.70 Å². The number of carboxylic acids is 1. The quantitative estimate of drug-likeness (QED) is 0.770. The Hall–Kier alpha value is -2.30. The molecule has 1 amide bonds. The zero-order chi connectivity index (χ0) is 14.3. The maximum atomic E-state index is 10.9. The van der Waals surface area contributed by atoms with E-state index in [0.717, 1.165) is 12.2 Å². The molecule has 0 atom stereocenters. The number of carboxylic acid groups (broad SMARTS) is 1. The number of ether oxygens (including phenoxy) is 1. The highest BCUT2D eigenvalue weighted by Crippen LogP contribution is 2.14. The second kappa shape index (κ2) is 7.20. The van der Waals surface area contributed by atoms with Gasteiger partial charge < -0.3 is 15.2 Å². The zero-order valence-corrected chi connectivity index (χ0v) is 11.0. The lowest BCUT2D eigenvalue weighted by Gasteiger charge is -2.05. The van der Waals surface area contributed by atoms with Crippen molar-refractivity contribution in [3.8, 4) is 5.75 Å². The Kier molecular flexibility index (Phi) is 5.60. The molecule has 19 heavy (non-hydrogen) atoms. The van der Waals surface area contributed by atoms with Gasteiger partial charge in [0.2, 0.25) is 5.91 Å².